The summed E-state index contributed by atoms with van der Waals surface area (Å²) in [6.07, 6.45) is 0. The van der Waals surface area contributed by atoms with E-state index in [9.17, 15) is 0 Å². The summed E-state index contributed by atoms with van der Waals surface area (Å²) in [4.78, 5) is 8.62. The average Bonchev–Trinajstić information content (AvgIpc) is 2.82. The van der Waals surface area contributed by atoms with Crippen molar-refractivity contribution < 1.29 is 4.52 Å². The lowest BCUT2D eigenvalue weighted by atomic mass is 10.3. The molecule has 0 aliphatic rings. The predicted molar refractivity (Wildman–Crippen MR) is 75.1 cm³/mol. The number of aryl methyl sites for hydroxylation is 1. The normalized spacial score (nSPS) is 10.9. The lowest BCUT2D eigenvalue weighted by Gasteiger charge is -2.22. The second-order valence-electron chi connectivity index (χ2n) is 4.72. The van der Waals surface area contributed by atoms with Crippen LogP contribution in [0.4, 0.5) is 5.69 Å². The number of hydrogen-bond acceptors (Lipinski definition) is 5. The van der Waals surface area contributed by atoms with Gasteiger partial charge in [0.25, 0.3) is 0 Å². The second-order valence-corrected chi connectivity index (χ2v) is 4.72. The average molecular weight is 260 g/mol. The molecule has 1 heterocycles. The Kier molecular flexibility index (Phi) is 4.52. The summed E-state index contributed by atoms with van der Waals surface area (Å²) in [7, 11) is 4.16. The summed E-state index contributed by atoms with van der Waals surface area (Å²) in [5.74, 6) is 1.35. The Morgan fingerprint density at radius 3 is 2.47 bits per heavy atom. The molecule has 0 saturated carbocycles. The third-order valence-corrected chi connectivity index (χ3v) is 3.00. The van der Waals surface area contributed by atoms with Crippen molar-refractivity contribution in [3.63, 3.8) is 0 Å². The predicted octanol–water partition coefficient (Wildman–Crippen LogP) is 1.95. The smallest absolute Gasteiger partial charge is 0.223 e. The molecule has 0 aliphatic heterocycles. The van der Waals surface area contributed by atoms with E-state index >= 15 is 0 Å². The fourth-order valence-corrected chi connectivity index (χ4v) is 1.86. The van der Waals surface area contributed by atoms with Crippen molar-refractivity contribution in [3.05, 3.63) is 42.0 Å². The minimum absolute atomic E-state index is 0.616. The van der Waals surface area contributed by atoms with E-state index in [0.29, 0.717) is 12.4 Å². The highest BCUT2D eigenvalue weighted by atomic mass is 16.5. The van der Waals surface area contributed by atoms with Gasteiger partial charge >= 0.3 is 0 Å². The minimum Gasteiger partial charge on any atom is -0.373 e. The molecule has 0 aliphatic carbocycles. The number of rotatable bonds is 6. The van der Waals surface area contributed by atoms with E-state index in [4.69, 9.17) is 4.52 Å². The molecular weight excluding hydrogens is 240 g/mol. The molecule has 0 amide bonds. The zero-order chi connectivity index (χ0) is 13.7. The van der Waals surface area contributed by atoms with E-state index in [0.717, 1.165) is 18.9 Å². The highest BCUT2D eigenvalue weighted by molar-refractivity contribution is 5.44. The molecule has 2 rings (SSSR count). The summed E-state index contributed by atoms with van der Waals surface area (Å²) < 4.78 is 4.96. The largest absolute Gasteiger partial charge is 0.373 e. The Labute approximate surface area is 113 Å². The molecule has 1 aromatic carbocycles. The van der Waals surface area contributed by atoms with Crippen molar-refractivity contribution in [1.29, 1.82) is 0 Å². The summed E-state index contributed by atoms with van der Waals surface area (Å²) in [6, 6.07) is 10.4. The monoisotopic (exact) mass is 260 g/mol. The first-order chi connectivity index (χ1) is 9.15. The number of likely N-dealkylation sites (N-methyl/N-ethyl adjacent to an activating group) is 2. The SMILES string of the molecule is Cc1nc(CN(C)CCN(C)c2ccccc2)no1. The second kappa shape index (κ2) is 6.33. The van der Waals surface area contributed by atoms with Crippen LogP contribution in [0.1, 0.15) is 11.7 Å². The maximum absolute atomic E-state index is 4.96. The highest BCUT2D eigenvalue weighted by Crippen LogP contribution is 2.10. The summed E-state index contributed by atoms with van der Waals surface area (Å²) in [5.41, 5.74) is 1.23. The van der Waals surface area contributed by atoms with E-state index in [1.54, 1.807) is 6.92 Å². The van der Waals surface area contributed by atoms with Crippen LogP contribution >= 0.6 is 0 Å². The first kappa shape index (κ1) is 13.5. The zero-order valence-corrected chi connectivity index (χ0v) is 11.7. The third kappa shape index (κ3) is 4.06. The van der Waals surface area contributed by atoms with Gasteiger partial charge in [0.15, 0.2) is 5.82 Å². The van der Waals surface area contributed by atoms with E-state index in [2.05, 4.69) is 58.3 Å². The van der Waals surface area contributed by atoms with Gasteiger partial charge in [-0.2, -0.15) is 4.98 Å². The van der Waals surface area contributed by atoms with Crippen molar-refractivity contribution >= 4 is 5.69 Å². The standard InChI is InChI=1S/C14H20N4O/c1-12-15-14(16-19-12)11-17(2)9-10-18(3)13-7-5-4-6-8-13/h4-8H,9-11H2,1-3H3. The number of aromatic nitrogens is 2. The quantitative estimate of drug-likeness (QED) is 0.794. The molecule has 0 spiro atoms. The summed E-state index contributed by atoms with van der Waals surface area (Å²) in [5, 5.41) is 3.90. The van der Waals surface area contributed by atoms with Crippen molar-refractivity contribution in [2.45, 2.75) is 13.5 Å². The minimum atomic E-state index is 0.616. The molecule has 102 valence electrons. The van der Waals surface area contributed by atoms with Crippen LogP contribution in [0.5, 0.6) is 0 Å². The molecule has 0 radical (unpaired) electrons. The van der Waals surface area contributed by atoms with Gasteiger partial charge in [0.1, 0.15) is 0 Å². The Hall–Kier alpha value is -1.88. The number of nitrogens with zero attached hydrogens (tertiary/aromatic N) is 4. The van der Waals surface area contributed by atoms with Crippen LogP contribution in [0.15, 0.2) is 34.9 Å². The van der Waals surface area contributed by atoms with Crippen molar-refractivity contribution in [2.24, 2.45) is 0 Å². The highest BCUT2D eigenvalue weighted by Gasteiger charge is 2.07. The Bertz CT molecular complexity index is 497. The molecule has 2 aromatic rings. The van der Waals surface area contributed by atoms with Gasteiger partial charge in [0.2, 0.25) is 5.89 Å². The van der Waals surface area contributed by atoms with Crippen LogP contribution in [0.25, 0.3) is 0 Å². The topological polar surface area (TPSA) is 45.4 Å². The fourth-order valence-electron chi connectivity index (χ4n) is 1.86. The summed E-state index contributed by atoms with van der Waals surface area (Å²) in [6.45, 7) is 4.41. The molecule has 0 bridgehead atoms. The third-order valence-electron chi connectivity index (χ3n) is 3.00. The van der Waals surface area contributed by atoms with Gasteiger partial charge in [-0.05, 0) is 19.2 Å². The van der Waals surface area contributed by atoms with Crippen LogP contribution in [-0.4, -0.2) is 42.2 Å². The lowest BCUT2D eigenvalue weighted by Crippen LogP contribution is -2.30. The van der Waals surface area contributed by atoms with E-state index in [1.165, 1.54) is 5.69 Å². The van der Waals surface area contributed by atoms with Crippen molar-refractivity contribution in [2.75, 3.05) is 32.1 Å². The van der Waals surface area contributed by atoms with Gasteiger partial charge in [-0.1, -0.05) is 23.4 Å². The molecule has 5 nitrogen and oxygen atoms in total. The maximum Gasteiger partial charge on any atom is 0.223 e. The molecule has 0 unspecified atom stereocenters. The van der Waals surface area contributed by atoms with Crippen LogP contribution in [0.3, 0.4) is 0 Å². The number of para-hydroxylation sites is 1. The van der Waals surface area contributed by atoms with Crippen LogP contribution < -0.4 is 4.90 Å². The van der Waals surface area contributed by atoms with Gasteiger partial charge in [-0.15, -0.1) is 0 Å². The molecular formula is C14H20N4O. The molecule has 0 saturated heterocycles. The van der Waals surface area contributed by atoms with Crippen molar-refractivity contribution in [3.8, 4) is 0 Å². The number of hydrogen-bond donors (Lipinski definition) is 0. The fraction of sp³-hybridized carbons (Fsp3) is 0.429. The van der Waals surface area contributed by atoms with Gasteiger partial charge in [-0.3, -0.25) is 4.90 Å². The Morgan fingerprint density at radius 1 is 1.11 bits per heavy atom. The number of benzene rings is 1. The van der Waals surface area contributed by atoms with E-state index < -0.39 is 0 Å². The Balaban J connectivity index is 1.79. The van der Waals surface area contributed by atoms with E-state index in [1.807, 2.05) is 6.07 Å². The maximum atomic E-state index is 4.96. The molecule has 0 fully saturated rings. The van der Waals surface area contributed by atoms with Gasteiger partial charge in [0.05, 0.1) is 6.54 Å². The van der Waals surface area contributed by atoms with Gasteiger partial charge in [0, 0.05) is 32.7 Å². The molecule has 0 N–H and O–H groups in total. The molecule has 19 heavy (non-hydrogen) atoms. The number of anilines is 1. The first-order valence-electron chi connectivity index (χ1n) is 6.39. The zero-order valence-electron chi connectivity index (χ0n) is 11.7. The van der Waals surface area contributed by atoms with Gasteiger partial charge in [-0.25, -0.2) is 0 Å². The van der Waals surface area contributed by atoms with Gasteiger partial charge < -0.3 is 9.42 Å². The van der Waals surface area contributed by atoms with Crippen molar-refractivity contribution in [1.82, 2.24) is 15.0 Å². The molecule has 5 heteroatoms. The first-order valence-corrected chi connectivity index (χ1v) is 6.39. The van der Waals surface area contributed by atoms with Crippen LogP contribution in [0, 0.1) is 6.92 Å². The lowest BCUT2D eigenvalue weighted by molar-refractivity contribution is 0.313. The molecule has 1 aromatic heterocycles. The molecule has 0 atom stereocenters. The van der Waals surface area contributed by atoms with Crippen LogP contribution in [-0.2, 0) is 6.54 Å². The Morgan fingerprint density at radius 2 is 1.84 bits per heavy atom. The van der Waals surface area contributed by atoms with Crippen LogP contribution in [0.2, 0.25) is 0 Å². The van der Waals surface area contributed by atoms with E-state index in [-0.39, 0.29) is 0 Å². The summed E-state index contributed by atoms with van der Waals surface area (Å²) >= 11 is 0.